The molecule has 3 rings (SSSR count). The third kappa shape index (κ3) is 3.77. The molecule has 23 heavy (non-hydrogen) atoms. The first kappa shape index (κ1) is 15.3. The van der Waals surface area contributed by atoms with E-state index in [4.69, 9.17) is 0 Å². The van der Waals surface area contributed by atoms with Crippen molar-refractivity contribution >= 4 is 23.2 Å². The fraction of sp³-hybridized carbons (Fsp3) is 0.263. The molecule has 2 aromatic carbocycles. The van der Waals surface area contributed by atoms with E-state index >= 15 is 0 Å². The van der Waals surface area contributed by atoms with Crippen LogP contribution in [0, 0.1) is 5.92 Å². The van der Waals surface area contributed by atoms with Crippen LogP contribution in [0.2, 0.25) is 0 Å². The van der Waals surface area contributed by atoms with Crippen LogP contribution in [0.1, 0.15) is 36.0 Å². The lowest BCUT2D eigenvalue weighted by molar-refractivity contribution is -0.119. The van der Waals surface area contributed by atoms with Crippen LogP contribution in [0.15, 0.2) is 54.6 Å². The quantitative estimate of drug-likeness (QED) is 0.894. The minimum atomic E-state index is -0.224. The normalized spacial score (nSPS) is 14.4. The van der Waals surface area contributed by atoms with E-state index in [0.29, 0.717) is 11.3 Å². The number of anilines is 2. The third-order valence-electron chi connectivity index (χ3n) is 4.19. The summed E-state index contributed by atoms with van der Waals surface area (Å²) in [6.45, 7) is 0. The molecule has 1 aliphatic rings. The molecule has 1 aliphatic carbocycles. The third-order valence-corrected chi connectivity index (χ3v) is 4.19. The second-order valence-corrected chi connectivity index (χ2v) is 5.84. The number of hydrogen-bond donors (Lipinski definition) is 2. The highest BCUT2D eigenvalue weighted by atomic mass is 16.2. The van der Waals surface area contributed by atoms with Crippen LogP contribution in [0.4, 0.5) is 11.4 Å². The Bertz CT molecular complexity index is 692. The standard InChI is InChI=1S/C19H20N2O2/c22-18(14-8-4-5-9-14)21-17-13-7-6-12-16(17)19(23)20-15-10-2-1-3-11-15/h1-3,6-7,10-14H,4-5,8-9H2,(H,20,23)(H,21,22). The number of benzene rings is 2. The molecule has 0 saturated heterocycles. The highest BCUT2D eigenvalue weighted by molar-refractivity contribution is 6.10. The smallest absolute Gasteiger partial charge is 0.257 e. The van der Waals surface area contributed by atoms with E-state index < -0.39 is 0 Å². The summed E-state index contributed by atoms with van der Waals surface area (Å²) in [5.74, 6) is -0.138. The summed E-state index contributed by atoms with van der Waals surface area (Å²) in [6, 6.07) is 16.4. The molecule has 0 bridgehead atoms. The van der Waals surface area contributed by atoms with Gasteiger partial charge in [0, 0.05) is 11.6 Å². The largest absolute Gasteiger partial charge is 0.325 e. The van der Waals surface area contributed by atoms with Gasteiger partial charge in [-0.2, -0.15) is 0 Å². The summed E-state index contributed by atoms with van der Waals surface area (Å²) in [6.07, 6.45) is 4.08. The molecular weight excluding hydrogens is 288 g/mol. The SMILES string of the molecule is O=C(Nc1ccccc1)c1ccccc1NC(=O)C1CCCC1. The van der Waals surface area contributed by atoms with Gasteiger partial charge in [-0.05, 0) is 37.1 Å². The Hall–Kier alpha value is -2.62. The van der Waals surface area contributed by atoms with Crippen molar-refractivity contribution in [3.63, 3.8) is 0 Å². The first-order chi connectivity index (χ1) is 11.2. The molecule has 2 aromatic rings. The number of hydrogen-bond acceptors (Lipinski definition) is 2. The lowest BCUT2D eigenvalue weighted by Crippen LogP contribution is -2.23. The van der Waals surface area contributed by atoms with Gasteiger partial charge in [0.1, 0.15) is 0 Å². The molecule has 118 valence electrons. The average Bonchev–Trinajstić information content (AvgIpc) is 3.11. The highest BCUT2D eigenvalue weighted by Gasteiger charge is 2.23. The van der Waals surface area contributed by atoms with E-state index in [2.05, 4.69) is 10.6 Å². The number of carbonyl (C=O) groups is 2. The van der Waals surface area contributed by atoms with Crippen LogP contribution in [0.25, 0.3) is 0 Å². The van der Waals surface area contributed by atoms with Crippen molar-refractivity contribution in [3.8, 4) is 0 Å². The van der Waals surface area contributed by atoms with Gasteiger partial charge in [-0.15, -0.1) is 0 Å². The molecule has 4 nitrogen and oxygen atoms in total. The van der Waals surface area contributed by atoms with Gasteiger partial charge in [0.2, 0.25) is 5.91 Å². The Labute approximate surface area is 135 Å². The fourth-order valence-corrected chi connectivity index (χ4v) is 2.93. The van der Waals surface area contributed by atoms with Crippen molar-refractivity contribution < 1.29 is 9.59 Å². The van der Waals surface area contributed by atoms with Crippen LogP contribution < -0.4 is 10.6 Å². The number of carbonyl (C=O) groups excluding carboxylic acids is 2. The van der Waals surface area contributed by atoms with Crippen LogP contribution in [-0.2, 0) is 4.79 Å². The summed E-state index contributed by atoms with van der Waals surface area (Å²) >= 11 is 0. The molecule has 0 radical (unpaired) electrons. The summed E-state index contributed by atoms with van der Waals surface area (Å²) in [5, 5.41) is 5.77. The van der Waals surface area contributed by atoms with Crippen molar-refractivity contribution in [1.29, 1.82) is 0 Å². The molecule has 0 unspecified atom stereocenters. The summed E-state index contributed by atoms with van der Waals surface area (Å²) in [7, 11) is 0. The van der Waals surface area contributed by atoms with E-state index in [1.807, 2.05) is 36.4 Å². The Morgan fingerprint density at radius 3 is 2.22 bits per heavy atom. The average molecular weight is 308 g/mol. The number of para-hydroxylation sites is 2. The minimum absolute atomic E-state index is 0.0162. The molecule has 1 saturated carbocycles. The zero-order valence-electron chi connectivity index (χ0n) is 12.9. The van der Waals surface area contributed by atoms with Gasteiger partial charge in [0.25, 0.3) is 5.91 Å². The molecule has 0 atom stereocenters. The maximum atomic E-state index is 12.5. The molecule has 2 N–H and O–H groups in total. The lowest BCUT2D eigenvalue weighted by atomic mass is 10.1. The highest BCUT2D eigenvalue weighted by Crippen LogP contribution is 2.27. The maximum absolute atomic E-state index is 12.5. The van der Waals surface area contributed by atoms with Crippen molar-refractivity contribution in [3.05, 3.63) is 60.2 Å². The second kappa shape index (κ2) is 7.09. The van der Waals surface area contributed by atoms with Crippen LogP contribution in [0.3, 0.4) is 0 Å². The van der Waals surface area contributed by atoms with Gasteiger partial charge < -0.3 is 10.6 Å². The second-order valence-electron chi connectivity index (χ2n) is 5.84. The topological polar surface area (TPSA) is 58.2 Å². The maximum Gasteiger partial charge on any atom is 0.257 e. The zero-order chi connectivity index (χ0) is 16.1. The molecule has 1 fully saturated rings. The van der Waals surface area contributed by atoms with Gasteiger partial charge >= 0.3 is 0 Å². The predicted octanol–water partition coefficient (Wildman–Crippen LogP) is 4.07. The van der Waals surface area contributed by atoms with E-state index in [-0.39, 0.29) is 17.7 Å². The molecular formula is C19H20N2O2. The Morgan fingerprint density at radius 2 is 1.48 bits per heavy atom. The van der Waals surface area contributed by atoms with Crippen LogP contribution in [0.5, 0.6) is 0 Å². The molecule has 0 aliphatic heterocycles. The zero-order valence-corrected chi connectivity index (χ0v) is 12.9. The van der Waals surface area contributed by atoms with Gasteiger partial charge in [0.05, 0.1) is 11.3 Å². The minimum Gasteiger partial charge on any atom is -0.325 e. The first-order valence-corrected chi connectivity index (χ1v) is 8.00. The van der Waals surface area contributed by atoms with Crippen molar-refractivity contribution in [2.24, 2.45) is 5.92 Å². The van der Waals surface area contributed by atoms with E-state index in [1.165, 1.54) is 0 Å². The first-order valence-electron chi connectivity index (χ1n) is 8.00. The van der Waals surface area contributed by atoms with Crippen LogP contribution in [-0.4, -0.2) is 11.8 Å². The van der Waals surface area contributed by atoms with Crippen LogP contribution >= 0.6 is 0 Å². The molecule has 4 heteroatoms. The Morgan fingerprint density at radius 1 is 0.826 bits per heavy atom. The number of rotatable bonds is 4. The molecule has 0 spiro atoms. The summed E-state index contributed by atoms with van der Waals surface area (Å²) in [4.78, 5) is 24.8. The van der Waals surface area contributed by atoms with Gasteiger partial charge in [0.15, 0.2) is 0 Å². The summed E-state index contributed by atoms with van der Waals surface area (Å²) in [5.41, 5.74) is 1.77. The van der Waals surface area contributed by atoms with E-state index in [9.17, 15) is 9.59 Å². The monoisotopic (exact) mass is 308 g/mol. The number of nitrogens with one attached hydrogen (secondary N) is 2. The van der Waals surface area contributed by atoms with Crippen molar-refractivity contribution in [1.82, 2.24) is 0 Å². The molecule has 0 heterocycles. The van der Waals surface area contributed by atoms with E-state index in [1.54, 1.807) is 18.2 Å². The molecule has 2 amide bonds. The lowest BCUT2D eigenvalue weighted by Gasteiger charge is -2.14. The van der Waals surface area contributed by atoms with Gasteiger partial charge in [-0.1, -0.05) is 43.2 Å². The Kier molecular flexibility index (Phi) is 4.71. The fourth-order valence-electron chi connectivity index (χ4n) is 2.93. The van der Waals surface area contributed by atoms with Gasteiger partial charge in [-0.3, -0.25) is 9.59 Å². The predicted molar refractivity (Wildman–Crippen MR) is 91.4 cm³/mol. The Balaban J connectivity index is 1.74. The molecule has 0 aromatic heterocycles. The number of amides is 2. The van der Waals surface area contributed by atoms with Crippen molar-refractivity contribution in [2.75, 3.05) is 10.6 Å². The van der Waals surface area contributed by atoms with E-state index in [0.717, 1.165) is 31.4 Å². The van der Waals surface area contributed by atoms with Crippen molar-refractivity contribution in [2.45, 2.75) is 25.7 Å². The summed E-state index contributed by atoms with van der Waals surface area (Å²) < 4.78 is 0. The van der Waals surface area contributed by atoms with Gasteiger partial charge in [-0.25, -0.2) is 0 Å².